The number of nitrogens with one attached hydrogen (secondary N) is 2. The Bertz CT molecular complexity index is 882. The van der Waals surface area contributed by atoms with Gasteiger partial charge in [-0.1, -0.05) is 27.2 Å². The van der Waals surface area contributed by atoms with E-state index in [2.05, 4.69) is 10.3 Å². The molecule has 1 unspecified atom stereocenters. The largest absolute Gasteiger partial charge is 0.444 e. The lowest BCUT2D eigenvalue weighted by molar-refractivity contribution is -0.120. The van der Waals surface area contributed by atoms with Gasteiger partial charge in [-0.2, -0.15) is 0 Å². The van der Waals surface area contributed by atoms with Crippen LogP contribution < -0.4 is 27.2 Å². The van der Waals surface area contributed by atoms with Crippen molar-refractivity contribution in [3.05, 3.63) is 20.8 Å². The summed E-state index contributed by atoms with van der Waals surface area (Å²) < 4.78 is 6.48. The molecule has 1 rings (SSSR count). The number of nitrogens with zero attached hydrogens (tertiary/aromatic N) is 2. The number of H-pyrrole nitrogens is 1. The normalized spacial score (nSPS) is 12.5. The highest BCUT2D eigenvalue weighted by Crippen LogP contribution is 2.20. The predicted octanol–water partition coefficient (Wildman–Crippen LogP) is 2.21. The van der Waals surface area contributed by atoms with Gasteiger partial charge in [-0.3, -0.25) is 19.1 Å². The molecule has 0 bridgehead atoms. The third-order valence-electron chi connectivity index (χ3n) is 4.52. The van der Waals surface area contributed by atoms with Gasteiger partial charge in [-0.15, -0.1) is 0 Å². The van der Waals surface area contributed by atoms with Crippen LogP contribution in [0.4, 0.5) is 16.3 Å². The Kier molecular flexibility index (Phi) is 9.33. The molecule has 2 amide bonds. The van der Waals surface area contributed by atoms with Crippen molar-refractivity contribution in [3.8, 4) is 0 Å². The quantitative estimate of drug-likeness (QED) is 0.539. The van der Waals surface area contributed by atoms with Gasteiger partial charge in [0, 0.05) is 13.1 Å². The van der Waals surface area contributed by atoms with E-state index in [0.29, 0.717) is 19.4 Å². The molecule has 0 radical (unpaired) electrons. The summed E-state index contributed by atoms with van der Waals surface area (Å²) in [4.78, 5) is 53.7. The highest BCUT2D eigenvalue weighted by molar-refractivity contribution is 6.00. The van der Waals surface area contributed by atoms with Gasteiger partial charge in [0.2, 0.25) is 5.91 Å². The molecule has 31 heavy (non-hydrogen) atoms. The summed E-state index contributed by atoms with van der Waals surface area (Å²) in [7, 11) is 0. The molecular formula is C21H37N5O5. The maximum atomic E-state index is 13.2. The molecule has 0 aromatic carbocycles. The predicted molar refractivity (Wildman–Crippen MR) is 121 cm³/mol. The summed E-state index contributed by atoms with van der Waals surface area (Å²) >= 11 is 0. The van der Waals surface area contributed by atoms with Crippen LogP contribution in [0.25, 0.3) is 0 Å². The lowest BCUT2D eigenvalue weighted by Gasteiger charge is -2.28. The molecule has 4 N–H and O–H groups in total. The molecule has 1 atom stereocenters. The van der Waals surface area contributed by atoms with Crippen LogP contribution in [0.2, 0.25) is 0 Å². The molecular weight excluding hydrogens is 402 g/mol. The average molecular weight is 440 g/mol. The molecule has 1 aromatic rings. The number of carbonyl (C=O) groups is 2. The molecule has 10 nitrogen and oxygen atoms in total. The lowest BCUT2D eigenvalue weighted by Crippen LogP contribution is -2.51. The smallest absolute Gasteiger partial charge is 0.408 e. The number of nitrogens with two attached hydrogens (primary N) is 1. The molecule has 0 aliphatic heterocycles. The number of hydrogen-bond donors (Lipinski definition) is 3. The number of unbranched alkanes of at least 4 members (excludes halogenated alkanes) is 1. The number of hydrogen-bond acceptors (Lipinski definition) is 6. The number of aromatic amines is 1. The molecule has 1 aromatic heterocycles. The van der Waals surface area contributed by atoms with Crippen molar-refractivity contribution in [2.75, 3.05) is 17.2 Å². The fraction of sp³-hybridized carbons (Fsp3) is 0.714. The van der Waals surface area contributed by atoms with E-state index in [1.807, 2.05) is 20.8 Å². The molecule has 176 valence electrons. The number of aromatic nitrogens is 2. The summed E-state index contributed by atoms with van der Waals surface area (Å²) in [5.74, 6) is -0.344. The summed E-state index contributed by atoms with van der Waals surface area (Å²) in [5, 5.41) is 2.50. The van der Waals surface area contributed by atoms with Crippen molar-refractivity contribution in [3.63, 3.8) is 0 Å². The zero-order valence-corrected chi connectivity index (χ0v) is 19.7. The maximum Gasteiger partial charge on any atom is 0.408 e. The fourth-order valence-electron chi connectivity index (χ4n) is 2.88. The standard InChI is InChI=1S/C21H37N5O5/c1-8-9-11-26-16(22)15(17(27)24-19(26)29)25(12-10-13(2)3)18(28)14(4)23-20(30)31-21(5,6)7/h13-14H,8-12,22H2,1-7H3,(H,23,30)(H,24,27,29). The zero-order chi connectivity index (χ0) is 23.9. The van der Waals surface area contributed by atoms with Crippen molar-refractivity contribution in [2.24, 2.45) is 5.92 Å². The minimum atomic E-state index is -0.975. The second-order valence-electron chi connectivity index (χ2n) is 9.04. The van der Waals surface area contributed by atoms with E-state index in [9.17, 15) is 19.2 Å². The monoisotopic (exact) mass is 439 g/mol. The molecule has 0 saturated heterocycles. The molecule has 0 aliphatic carbocycles. The first-order valence-electron chi connectivity index (χ1n) is 10.7. The Labute approximate surface area is 183 Å². The highest BCUT2D eigenvalue weighted by Gasteiger charge is 2.29. The number of amides is 2. The summed E-state index contributed by atoms with van der Waals surface area (Å²) in [6.45, 7) is 13.1. The molecule has 0 saturated carbocycles. The number of anilines is 2. The van der Waals surface area contributed by atoms with Crippen molar-refractivity contribution >= 4 is 23.5 Å². The van der Waals surface area contributed by atoms with Gasteiger partial charge in [0.1, 0.15) is 17.5 Å². The van der Waals surface area contributed by atoms with Crippen molar-refractivity contribution in [1.29, 1.82) is 0 Å². The minimum absolute atomic E-state index is 0.0659. The van der Waals surface area contributed by atoms with Crippen LogP contribution in [0.15, 0.2) is 9.59 Å². The highest BCUT2D eigenvalue weighted by atomic mass is 16.6. The number of carbonyl (C=O) groups excluding carboxylic acids is 2. The third kappa shape index (κ3) is 7.76. The summed E-state index contributed by atoms with van der Waals surface area (Å²) in [6.07, 6.45) is 1.36. The van der Waals surface area contributed by atoms with E-state index in [-0.39, 0.29) is 24.0 Å². The second-order valence-corrected chi connectivity index (χ2v) is 9.04. The first kappa shape index (κ1) is 26.3. The van der Waals surface area contributed by atoms with Crippen LogP contribution in [-0.2, 0) is 16.1 Å². The first-order chi connectivity index (χ1) is 14.3. The van der Waals surface area contributed by atoms with Gasteiger partial charge in [-0.25, -0.2) is 9.59 Å². The number of rotatable bonds is 9. The molecule has 0 fully saturated rings. The third-order valence-corrected chi connectivity index (χ3v) is 4.52. The van der Waals surface area contributed by atoms with E-state index < -0.39 is 34.9 Å². The van der Waals surface area contributed by atoms with Gasteiger partial charge in [0.25, 0.3) is 5.56 Å². The van der Waals surface area contributed by atoms with Gasteiger partial charge < -0.3 is 20.7 Å². The second kappa shape index (κ2) is 11.0. The van der Waals surface area contributed by atoms with Gasteiger partial charge in [0.05, 0.1) is 0 Å². The van der Waals surface area contributed by atoms with Gasteiger partial charge in [0.15, 0.2) is 5.69 Å². The Morgan fingerprint density at radius 2 is 1.84 bits per heavy atom. The molecule has 1 heterocycles. The minimum Gasteiger partial charge on any atom is -0.444 e. The summed E-state index contributed by atoms with van der Waals surface area (Å²) in [5.41, 5.74) is 4.03. The van der Waals surface area contributed by atoms with Crippen LogP contribution in [0.5, 0.6) is 0 Å². The van der Waals surface area contributed by atoms with Crippen LogP contribution in [0, 0.1) is 5.92 Å². The van der Waals surface area contributed by atoms with E-state index >= 15 is 0 Å². The van der Waals surface area contributed by atoms with Gasteiger partial charge >= 0.3 is 11.8 Å². The van der Waals surface area contributed by atoms with Crippen LogP contribution in [-0.4, -0.2) is 39.7 Å². The van der Waals surface area contributed by atoms with Crippen LogP contribution in [0.1, 0.15) is 67.7 Å². The average Bonchev–Trinajstić information content (AvgIpc) is 2.61. The Balaban J connectivity index is 3.33. The van der Waals surface area contributed by atoms with Crippen molar-refractivity contribution in [1.82, 2.24) is 14.9 Å². The van der Waals surface area contributed by atoms with E-state index in [4.69, 9.17) is 10.5 Å². The Morgan fingerprint density at radius 3 is 2.35 bits per heavy atom. The number of nitrogen functional groups attached to an aromatic ring is 1. The Morgan fingerprint density at radius 1 is 1.23 bits per heavy atom. The number of ether oxygens (including phenoxy) is 1. The van der Waals surface area contributed by atoms with Crippen LogP contribution >= 0.6 is 0 Å². The van der Waals surface area contributed by atoms with Crippen LogP contribution in [0.3, 0.4) is 0 Å². The SMILES string of the molecule is CCCCn1c(N)c(N(CCC(C)C)C(=O)C(C)NC(=O)OC(C)(C)C)c(=O)[nH]c1=O. The topological polar surface area (TPSA) is 140 Å². The van der Waals surface area contributed by atoms with Crippen molar-refractivity contribution < 1.29 is 14.3 Å². The number of alkyl carbamates (subject to hydrolysis) is 1. The molecule has 0 spiro atoms. The Hall–Kier alpha value is -2.78. The lowest BCUT2D eigenvalue weighted by atomic mass is 10.1. The van der Waals surface area contributed by atoms with Gasteiger partial charge in [-0.05, 0) is 46.5 Å². The van der Waals surface area contributed by atoms with E-state index in [1.165, 1.54) is 16.4 Å². The fourth-order valence-corrected chi connectivity index (χ4v) is 2.88. The van der Waals surface area contributed by atoms with Crippen molar-refractivity contribution in [2.45, 2.75) is 85.9 Å². The first-order valence-corrected chi connectivity index (χ1v) is 10.7. The van der Waals surface area contributed by atoms with E-state index in [0.717, 1.165) is 6.42 Å². The maximum absolute atomic E-state index is 13.2. The van der Waals surface area contributed by atoms with E-state index in [1.54, 1.807) is 20.8 Å². The summed E-state index contributed by atoms with van der Waals surface area (Å²) in [6, 6.07) is -0.975. The zero-order valence-electron chi connectivity index (χ0n) is 19.7. The molecule has 10 heteroatoms. The molecule has 0 aliphatic rings.